The Balaban J connectivity index is 1.64. The zero-order valence-electron chi connectivity index (χ0n) is 18.2. The van der Waals surface area contributed by atoms with Crippen LogP contribution in [-0.2, 0) is 12.8 Å². The molecule has 2 atom stereocenters. The van der Waals surface area contributed by atoms with Crippen molar-refractivity contribution >= 4 is 11.7 Å². The number of pyridine rings is 1. The molecule has 2 aliphatic carbocycles. The van der Waals surface area contributed by atoms with Gasteiger partial charge in [0.05, 0.1) is 11.7 Å². The maximum Gasteiger partial charge on any atom is 0.256 e. The van der Waals surface area contributed by atoms with Crippen molar-refractivity contribution in [3.05, 3.63) is 22.9 Å². The van der Waals surface area contributed by atoms with E-state index in [0.29, 0.717) is 23.5 Å². The van der Waals surface area contributed by atoms with Gasteiger partial charge in [-0.1, -0.05) is 26.2 Å². The van der Waals surface area contributed by atoms with Crippen molar-refractivity contribution < 1.29 is 4.79 Å². The van der Waals surface area contributed by atoms with E-state index < -0.39 is 0 Å². The molecule has 1 amide bonds. The average molecular weight is 402 g/mol. The summed E-state index contributed by atoms with van der Waals surface area (Å²) in [5.41, 5.74) is 8.76. The molecule has 0 aromatic carbocycles. The lowest BCUT2D eigenvalue weighted by molar-refractivity contribution is 0.0941. The Bertz CT molecular complexity index is 669. The number of hydrogen-bond donors (Lipinski definition) is 4. The molecule has 1 saturated carbocycles. The van der Waals surface area contributed by atoms with Crippen LogP contribution in [-0.4, -0.2) is 35.7 Å². The first-order chi connectivity index (χ1) is 14.1. The number of carbonyl (C=O) groups is 1. The van der Waals surface area contributed by atoms with E-state index in [1.807, 2.05) is 6.07 Å². The Morgan fingerprint density at radius 1 is 1.21 bits per heavy atom. The Labute approximate surface area is 175 Å². The Morgan fingerprint density at radius 3 is 2.69 bits per heavy atom. The number of aryl methyl sites for hydroxylation is 2. The van der Waals surface area contributed by atoms with Gasteiger partial charge in [-0.05, 0) is 69.9 Å². The number of fused-ring (bicyclic) bond motifs is 1. The molecule has 0 aliphatic heterocycles. The zero-order valence-corrected chi connectivity index (χ0v) is 18.2. The topological polar surface area (TPSA) is 92.1 Å². The van der Waals surface area contributed by atoms with Gasteiger partial charge in [-0.25, -0.2) is 4.98 Å². The quantitative estimate of drug-likeness (QED) is 0.475. The van der Waals surface area contributed by atoms with Crippen molar-refractivity contribution in [3.63, 3.8) is 0 Å². The van der Waals surface area contributed by atoms with Gasteiger partial charge >= 0.3 is 0 Å². The van der Waals surface area contributed by atoms with E-state index in [-0.39, 0.29) is 12.1 Å². The summed E-state index contributed by atoms with van der Waals surface area (Å²) in [6.07, 6.45) is 12.8. The number of amides is 1. The maximum absolute atomic E-state index is 12.7. The average Bonchev–Trinajstić information content (AvgIpc) is 2.72. The van der Waals surface area contributed by atoms with E-state index in [9.17, 15) is 4.79 Å². The van der Waals surface area contributed by atoms with Crippen molar-refractivity contribution in [2.45, 2.75) is 103 Å². The highest BCUT2D eigenvalue weighted by molar-refractivity contribution is 5.99. The Morgan fingerprint density at radius 2 is 1.97 bits per heavy atom. The standard InChI is InChI=1S/C23H39N5O/c1-3-18(27-19-10-5-4-6-11-19)13-14-25-22-20(23(29)26-16(2)24)15-17-9-7-8-12-21(17)28-22/h15-16,18-19,27H,3-14,24H2,1-2H3,(H,25,28)(H,26,29). The first kappa shape index (κ1) is 22.0. The molecule has 0 radical (unpaired) electrons. The molecular weight excluding hydrogens is 362 g/mol. The van der Waals surface area contributed by atoms with Crippen LogP contribution in [0.25, 0.3) is 0 Å². The van der Waals surface area contributed by atoms with Crippen LogP contribution in [0.15, 0.2) is 6.07 Å². The van der Waals surface area contributed by atoms with Crippen molar-refractivity contribution in [2.24, 2.45) is 5.73 Å². The molecule has 2 unspecified atom stereocenters. The number of nitrogens with two attached hydrogens (primary N) is 1. The van der Waals surface area contributed by atoms with Gasteiger partial charge in [0.1, 0.15) is 5.82 Å². The number of anilines is 1. The van der Waals surface area contributed by atoms with Crippen LogP contribution in [0.3, 0.4) is 0 Å². The molecule has 6 nitrogen and oxygen atoms in total. The molecule has 2 aliphatic rings. The molecule has 0 spiro atoms. The fourth-order valence-corrected chi connectivity index (χ4v) is 4.60. The molecule has 5 N–H and O–H groups in total. The summed E-state index contributed by atoms with van der Waals surface area (Å²) >= 11 is 0. The van der Waals surface area contributed by atoms with Gasteiger partial charge in [-0.2, -0.15) is 0 Å². The lowest BCUT2D eigenvalue weighted by atomic mass is 9.94. The van der Waals surface area contributed by atoms with Crippen molar-refractivity contribution in [3.8, 4) is 0 Å². The summed E-state index contributed by atoms with van der Waals surface area (Å²) in [4.78, 5) is 17.5. The molecular formula is C23H39N5O. The highest BCUT2D eigenvalue weighted by atomic mass is 16.1. The summed E-state index contributed by atoms with van der Waals surface area (Å²) in [5, 5.41) is 10.1. The zero-order chi connectivity index (χ0) is 20.6. The number of nitrogens with zero attached hydrogens (tertiary/aromatic N) is 1. The second-order valence-corrected chi connectivity index (χ2v) is 8.78. The van der Waals surface area contributed by atoms with Gasteiger partial charge in [-0.15, -0.1) is 0 Å². The van der Waals surface area contributed by atoms with Gasteiger partial charge < -0.3 is 21.7 Å². The monoisotopic (exact) mass is 401 g/mol. The number of nitrogens with one attached hydrogen (secondary N) is 3. The van der Waals surface area contributed by atoms with Crippen LogP contribution in [0, 0.1) is 0 Å². The van der Waals surface area contributed by atoms with Gasteiger partial charge in [0.15, 0.2) is 0 Å². The molecule has 0 bridgehead atoms. The third kappa shape index (κ3) is 6.41. The SMILES string of the molecule is CCC(CCNc1nc2c(cc1C(=O)NC(C)N)CCCC2)NC1CCCCC1. The second kappa shape index (κ2) is 10.9. The smallest absolute Gasteiger partial charge is 0.256 e. The largest absolute Gasteiger partial charge is 0.369 e. The molecule has 6 heteroatoms. The van der Waals surface area contributed by atoms with Crippen LogP contribution in [0.2, 0.25) is 0 Å². The van der Waals surface area contributed by atoms with E-state index in [1.165, 1.54) is 50.5 Å². The van der Waals surface area contributed by atoms with Gasteiger partial charge in [0, 0.05) is 24.3 Å². The first-order valence-electron chi connectivity index (χ1n) is 11.7. The predicted molar refractivity (Wildman–Crippen MR) is 119 cm³/mol. The Kier molecular flexibility index (Phi) is 8.30. The van der Waals surface area contributed by atoms with Crippen LogP contribution < -0.4 is 21.7 Å². The van der Waals surface area contributed by atoms with E-state index in [2.05, 4.69) is 22.9 Å². The highest BCUT2D eigenvalue weighted by Crippen LogP contribution is 2.25. The van der Waals surface area contributed by atoms with Crippen molar-refractivity contribution in [1.82, 2.24) is 15.6 Å². The van der Waals surface area contributed by atoms with Gasteiger partial charge in [0.2, 0.25) is 0 Å². The molecule has 3 rings (SSSR count). The molecule has 1 heterocycles. The summed E-state index contributed by atoms with van der Waals surface area (Å²) in [6.45, 7) is 4.83. The number of rotatable bonds is 9. The lowest BCUT2D eigenvalue weighted by Crippen LogP contribution is -2.40. The van der Waals surface area contributed by atoms with E-state index in [4.69, 9.17) is 10.7 Å². The van der Waals surface area contributed by atoms with Gasteiger partial charge in [-0.3, -0.25) is 4.79 Å². The minimum Gasteiger partial charge on any atom is -0.369 e. The Hall–Kier alpha value is -1.66. The molecule has 29 heavy (non-hydrogen) atoms. The minimum atomic E-state index is -0.379. The predicted octanol–water partition coefficient (Wildman–Crippen LogP) is 3.50. The normalized spacial score (nSPS) is 19.3. The fourth-order valence-electron chi connectivity index (χ4n) is 4.60. The minimum absolute atomic E-state index is 0.143. The van der Waals surface area contributed by atoms with Crippen LogP contribution in [0.4, 0.5) is 5.82 Å². The fraction of sp³-hybridized carbons (Fsp3) is 0.739. The summed E-state index contributed by atoms with van der Waals surface area (Å²) in [7, 11) is 0. The number of hydrogen-bond acceptors (Lipinski definition) is 5. The van der Waals surface area contributed by atoms with E-state index in [1.54, 1.807) is 6.92 Å². The molecule has 162 valence electrons. The van der Waals surface area contributed by atoms with Crippen LogP contribution in [0.5, 0.6) is 0 Å². The van der Waals surface area contributed by atoms with E-state index >= 15 is 0 Å². The third-order valence-electron chi connectivity index (χ3n) is 6.26. The summed E-state index contributed by atoms with van der Waals surface area (Å²) in [6, 6.07) is 3.20. The van der Waals surface area contributed by atoms with Crippen molar-refractivity contribution in [2.75, 3.05) is 11.9 Å². The first-order valence-corrected chi connectivity index (χ1v) is 11.7. The lowest BCUT2D eigenvalue weighted by Gasteiger charge is -2.28. The van der Waals surface area contributed by atoms with Crippen LogP contribution >= 0.6 is 0 Å². The molecule has 1 aromatic rings. The molecule has 1 fully saturated rings. The van der Waals surface area contributed by atoms with E-state index in [0.717, 1.165) is 37.9 Å². The maximum atomic E-state index is 12.7. The number of aromatic nitrogens is 1. The molecule has 1 aromatic heterocycles. The van der Waals surface area contributed by atoms with Crippen molar-refractivity contribution in [1.29, 1.82) is 0 Å². The van der Waals surface area contributed by atoms with Crippen LogP contribution in [0.1, 0.15) is 93.3 Å². The highest BCUT2D eigenvalue weighted by Gasteiger charge is 2.21. The van der Waals surface area contributed by atoms with Gasteiger partial charge in [0.25, 0.3) is 5.91 Å². The second-order valence-electron chi connectivity index (χ2n) is 8.78. The third-order valence-corrected chi connectivity index (χ3v) is 6.26. The molecule has 0 saturated heterocycles. The summed E-state index contributed by atoms with van der Waals surface area (Å²) in [5.74, 6) is 0.562. The summed E-state index contributed by atoms with van der Waals surface area (Å²) < 4.78 is 0. The number of carbonyl (C=O) groups excluding carboxylic acids is 1.